The van der Waals surface area contributed by atoms with E-state index in [9.17, 15) is 0 Å². The molecular formula is C56H40S2. The Morgan fingerprint density at radius 3 is 2.00 bits per heavy atom. The topological polar surface area (TPSA) is 0 Å². The number of hydrogen-bond donors (Lipinski definition) is 0. The minimum absolute atomic E-state index is 0.942. The first kappa shape index (κ1) is 35.8. The predicted octanol–water partition coefficient (Wildman–Crippen LogP) is 14.8. The molecule has 0 nitrogen and oxygen atoms in total. The first-order chi connectivity index (χ1) is 28.6. The van der Waals surface area contributed by atoms with Gasteiger partial charge >= 0.3 is 0 Å². The SMILES string of the molecule is C=Cc1ccccc1C(=C)C1=c2cccc/c2=C(c2ccc(C(=C)c3cc4c(cc3-c3cc5ccccc5s3)sc3ccccc34)c3ccccc23)/C=C/CCC=C1. The Bertz CT molecular complexity index is 3310. The summed E-state index contributed by atoms with van der Waals surface area (Å²) in [6.45, 7) is 13.7. The number of benzene rings is 7. The van der Waals surface area contributed by atoms with Crippen molar-refractivity contribution in [2.45, 2.75) is 12.8 Å². The van der Waals surface area contributed by atoms with Crippen LogP contribution in [0.4, 0.5) is 0 Å². The van der Waals surface area contributed by atoms with Gasteiger partial charge in [-0.05, 0) is 120 Å². The molecule has 2 heteroatoms. The molecule has 0 atom stereocenters. The van der Waals surface area contributed by atoms with Crippen molar-refractivity contribution in [1.29, 1.82) is 0 Å². The highest BCUT2D eigenvalue weighted by Crippen LogP contribution is 2.45. The van der Waals surface area contributed by atoms with Crippen LogP contribution in [0.25, 0.3) is 79.8 Å². The van der Waals surface area contributed by atoms with E-state index in [0.29, 0.717) is 0 Å². The molecule has 1 aliphatic rings. The summed E-state index contributed by atoms with van der Waals surface area (Å²) in [4.78, 5) is 1.26. The van der Waals surface area contributed by atoms with Crippen LogP contribution in [0.2, 0.25) is 0 Å². The lowest BCUT2D eigenvalue weighted by atomic mass is 9.86. The standard InChI is InChI=1S/C56H40S2/c1-4-38-19-9-11-21-40(38)36(2)41-22-7-5-6-8-23-47(45-26-14-12-24-43(41)45)48-32-31-42(44-25-13-15-27-46(44)48)37(3)50-34-51-49-28-16-18-30-54(49)58-56(51)35-52(50)55-33-39-20-10-17-29-53(39)57-55/h4,7-35H,1-3,5-6H2/b22-7?,23-8+,43-41?,47-45+. The number of thiophene rings is 2. The number of allylic oxidation sites excluding steroid dienone is 5. The second kappa shape index (κ2) is 15.1. The van der Waals surface area contributed by atoms with E-state index in [1.54, 1.807) is 0 Å². The summed E-state index contributed by atoms with van der Waals surface area (Å²) in [5.74, 6) is 0. The molecule has 0 aliphatic heterocycles. The van der Waals surface area contributed by atoms with Gasteiger partial charge in [0.05, 0.1) is 0 Å². The highest BCUT2D eigenvalue weighted by molar-refractivity contribution is 7.26. The predicted molar refractivity (Wildman–Crippen MR) is 257 cm³/mol. The molecule has 0 unspecified atom stereocenters. The fourth-order valence-electron chi connectivity index (χ4n) is 8.60. The monoisotopic (exact) mass is 776 g/mol. The molecular weight excluding hydrogens is 737 g/mol. The third kappa shape index (κ3) is 6.23. The molecule has 0 saturated carbocycles. The maximum Gasteiger partial charge on any atom is 0.0362 e. The minimum Gasteiger partial charge on any atom is -0.135 e. The van der Waals surface area contributed by atoms with E-state index in [2.05, 4.69) is 183 Å². The number of rotatable bonds is 7. The Hall–Kier alpha value is -6.58. The minimum atomic E-state index is 0.942. The maximum atomic E-state index is 4.92. The third-order valence-corrected chi connectivity index (χ3v) is 13.8. The third-order valence-electron chi connectivity index (χ3n) is 11.5. The van der Waals surface area contributed by atoms with Crippen LogP contribution in [-0.4, -0.2) is 0 Å². The lowest BCUT2D eigenvalue weighted by Gasteiger charge is -2.18. The summed E-state index contributed by atoms with van der Waals surface area (Å²) in [7, 11) is 0. The van der Waals surface area contributed by atoms with Crippen molar-refractivity contribution < 1.29 is 0 Å². The zero-order valence-electron chi connectivity index (χ0n) is 32.2. The van der Waals surface area contributed by atoms with E-state index in [0.717, 1.165) is 51.5 Å². The lowest BCUT2D eigenvalue weighted by Crippen LogP contribution is -2.29. The van der Waals surface area contributed by atoms with Gasteiger partial charge in [-0.2, -0.15) is 0 Å². The largest absolute Gasteiger partial charge is 0.135 e. The summed E-state index contributed by atoms with van der Waals surface area (Å²) >= 11 is 3.72. The zero-order chi connectivity index (χ0) is 39.2. The average molecular weight is 777 g/mol. The van der Waals surface area contributed by atoms with E-state index in [-0.39, 0.29) is 0 Å². The Kier molecular flexibility index (Phi) is 9.30. The van der Waals surface area contributed by atoms with Crippen LogP contribution in [0.5, 0.6) is 0 Å². The van der Waals surface area contributed by atoms with Gasteiger partial charge in [0, 0.05) is 35.3 Å². The van der Waals surface area contributed by atoms with Gasteiger partial charge in [0.25, 0.3) is 0 Å². The van der Waals surface area contributed by atoms with Gasteiger partial charge in [0.15, 0.2) is 0 Å². The second-order valence-electron chi connectivity index (χ2n) is 14.9. The highest BCUT2D eigenvalue weighted by atomic mass is 32.1. The van der Waals surface area contributed by atoms with Crippen LogP contribution in [0.1, 0.15) is 40.7 Å². The second-order valence-corrected chi connectivity index (χ2v) is 17.0. The Morgan fingerprint density at radius 1 is 0.483 bits per heavy atom. The van der Waals surface area contributed by atoms with Crippen LogP contribution < -0.4 is 10.4 Å². The van der Waals surface area contributed by atoms with Crippen LogP contribution in [-0.2, 0) is 0 Å². The average Bonchev–Trinajstić information content (AvgIpc) is 3.88. The first-order valence-electron chi connectivity index (χ1n) is 19.8. The zero-order valence-corrected chi connectivity index (χ0v) is 33.8. The summed E-state index contributed by atoms with van der Waals surface area (Å²) in [5, 5.41) is 8.56. The molecule has 276 valence electrons. The van der Waals surface area contributed by atoms with Gasteiger partial charge in [-0.25, -0.2) is 0 Å². The fraction of sp³-hybridized carbons (Fsp3) is 0.0357. The van der Waals surface area contributed by atoms with Crippen molar-refractivity contribution in [2.75, 3.05) is 0 Å². The van der Waals surface area contributed by atoms with E-state index in [4.69, 9.17) is 13.2 Å². The molecule has 0 saturated heterocycles. The molecule has 0 bridgehead atoms. The molecule has 58 heavy (non-hydrogen) atoms. The fourth-order valence-corrected chi connectivity index (χ4v) is 10.8. The van der Waals surface area contributed by atoms with Gasteiger partial charge < -0.3 is 0 Å². The van der Waals surface area contributed by atoms with Gasteiger partial charge in [0.1, 0.15) is 0 Å². The van der Waals surface area contributed by atoms with E-state index in [1.165, 1.54) is 73.4 Å². The molecule has 0 amide bonds. The lowest BCUT2D eigenvalue weighted by molar-refractivity contribution is 1.05. The molecule has 0 radical (unpaired) electrons. The van der Waals surface area contributed by atoms with Gasteiger partial charge in [0.2, 0.25) is 0 Å². The van der Waals surface area contributed by atoms with Crippen molar-refractivity contribution in [3.8, 4) is 10.4 Å². The summed E-state index contributed by atoms with van der Waals surface area (Å²) < 4.78 is 3.89. The first-order valence-corrected chi connectivity index (χ1v) is 21.4. The maximum absolute atomic E-state index is 4.92. The Balaban J connectivity index is 1.20. The molecule has 1 aliphatic carbocycles. The molecule has 9 aromatic rings. The summed E-state index contributed by atoms with van der Waals surface area (Å²) in [6, 6.07) is 55.3. The highest BCUT2D eigenvalue weighted by Gasteiger charge is 2.20. The van der Waals surface area contributed by atoms with E-state index >= 15 is 0 Å². The Labute approximate surface area is 347 Å². The molecule has 2 heterocycles. The van der Waals surface area contributed by atoms with Crippen molar-refractivity contribution in [2.24, 2.45) is 0 Å². The molecule has 0 spiro atoms. The van der Waals surface area contributed by atoms with Crippen molar-refractivity contribution in [3.63, 3.8) is 0 Å². The summed E-state index contributed by atoms with van der Waals surface area (Å²) in [5.41, 5.74) is 11.2. The van der Waals surface area contributed by atoms with E-state index < -0.39 is 0 Å². The van der Waals surface area contributed by atoms with Gasteiger partial charge in [-0.3, -0.25) is 0 Å². The van der Waals surface area contributed by atoms with Crippen LogP contribution in [0.15, 0.2) is 196 Å². The van der Waals surface area contributed by atoms with Crippen LogP contribution >= 0.6 is 22.7 Å². The normalized spacial score (nSPS) is 14.5. The van der Waals surface area contributed by atoms with Gasteiger partial charge in [-0.1, -0.05) is 171 Å². The molecule has 2 aromatic heterocycles. The van der Waals surface area contributed by atoms with Crippen LogP contribution in [0.3, 0.4) is 0 Å². The van der Waals surface area contributed by atoms with Crippen molar-refractivity contribution in [1.82, 2.24) is 0 Å². The summed E-state index contributed by atoms with van der Waals surface area (Å²) in [6.07, 6.45) is 13.0. The molecule has 10 rings (SSSR count). The van der Waals surface area contributed by atoms with E-state index in [1.807, 2.05) is 28.7 Å². The molecule has 7 aromatic carbocycles. The molecule has 0 fully saturated rings. The van der Waals surface area contributed by atoms with Gasteiger partial charge in [-0.15, -0.1) is 22.7 Å². The van der Waals surface area contributed by atoms with Crippen LogP contribution in [0, 0.1) is 0 Å². The van der Waals surface area contributed by atoms with Crippen molar-refractivity contribution in [3.05, 3.63) is 234 Å². The van der Waals surface area contributed by atoms with Crippen molar-refractivity contribution >= 4 is 92.1 Å². The smallest absolute Gasteiger partial charge is 0.0362 e. The Morgan fingerprint density at radius 2 is 1.17 bits per heavy atom. The number of hydrogen-bond acceptors (Lipinski definition) is 2. The quantitative estimate of drug-likeness (QED) is 0.151. The molecule has 0 N–H and O–H groups in total. The number of fused-ring (bicyclic) bond motifs is 6.